The van der Waals surface area contributed by atoms with Crippen LogP contribution in [0.2, 0.25) is 0 Å². The van der Waals surface area contributed by atoms with Gasteiger partial charge in [-0.3, -0.25) is 18.3 Å². The molecular formula is C30H48O14P4. The van der Waals surface area contributed by atoms with Crippen molar-refractivity contribution in [1.82, 2.24) is 0 Å². The number of esters is 1. The Morgan fingerprint density at radius 1 is 0.500 bits per heavy atom. The first kappa shape index (κ1) is 44.1. The Labute approximate surface area is 283 Å². The molecule has 0 saturated carbocycles. The minimum absolute atomic E-state index is 0.0644. The summed E-state index contributed by atoms with van der Waals surface area (Å²) in [6, 6.07) is 11.5. The highest BCUT2D eigenvalue weighted by Gasteiger charge is 2.39. The van der Waals surface area contributed by atoms with Gasteiger partial charge in [-0.05, 0) is 97.0 Å². The summed E-state index contributed by atoms with van der Waals surface area (Å²) in [6.07, 6.45) is 0. The molecule has 0 heterocycles. The van der Waals surface area contributed by atoms with Crippen LogP contribution in [0.4, 0.5) is 0 Å². The minimum atomic E-state index is -3.57. The summed E-state index contributed by atoms with van der Waals surface area (Å²) in [5.74, 6) is -2.29. The van der Waals surface area contributed by atoms with Crippen molar-refractivity contribution in [3.8, 4) is 0 Å². The predicted molar refractivity (Wildman–Crippen MR) is 185 cm³/mol. The smallest absolute Gasteiger partial charge is 0.340 e. The second-order valence-corrected chi connectivity index (χ2v) is 19.5. The molecule has 1 N–H and O–H groups in total. The molecule has 0 aliphatic rings. The van der Waals surface area contributed by atoms with Crippen LogP contribution in [0.1, 0.15) is 69.2 Å². The number of carbonyl (C=O) groups is 2. The fourth-order valence-corrected chi connectivity index (χ4v) is 15.1. The molecule has 0 saturated heterocycles. The molecule has 0 aromatic heterocycles. The summed E-state index contributed by atoms with van der Waals surface area (Å²) in [7, 11) is -14.1. The highest BCUT2D eigenvalue weighted by atomic mass is 31.2. The Balaban J connectivity index is 0.000000482. The molecule has 0 fully saturated rings. The van der Waals surface area contributed by atoms with Crippen LogP contribution in [0, 0.1) is 0 Å². The molecule has 18 heteroatoms. The van der Waals surface area contributed by atoms with E-state index >= 15 is 0 Å². The Morgan fingerprint density at radius 3 is 1.08 bits per heavy atom. The zero-order valence-corrected chi connectivity index (χ0v) is 32.1. The molecule has 272 valence electrons. The molecule has 2 unspecified atom stereocenters. The standard InChI is InChI=1S/C16H26O7P2.C14H22O7P2/c1-5-20-16(17)14-9-11-15(12-10-14)24(18,21-6-2)13-25(19,22-7-3)23-8-4;1-4-19-22(17,11-23(18,20-5-2)21-6-3)13-9-7-12(8-10-13)14(15)16/h9-12H,5-8,13H2,1-4H3;7-10H,4-6,11H2,1-3H3,(H,15,16). The molecule has 0 spiro atoms. The van der Waals surface area contributed by atoms with Crippen LogP contribution in [-0.4, -0.2) is 75.1 Å². The molecule has 0 radical (unpaired) electrons. The average Bonchev–Trinajstić information content (AvgIpc) is 3.02. The number of benzene rings is 2. The molecule has 0 aliphatic carbocycles. The molecule has 14 nitrogen and oxygen atoms in total. The molecule has 2 atom stereocenters. The van der Waals surface area contributed by atoms with Crippen molar-refractivity contribution in [1.29, 1.82) is 0 Å². The third-order valence-corrected chi connectivity index (χ3v) is 17.9. The van der Waals surface area contributed by atoms with Gasteiger partial charge in [-0.15, -0.1) is 0 Å². The third kappa shape index (κ3) is 13.8. The van der Waals surface area contributed by atoms with E-state index in [0.717, 1.165) is 0 Å². The zero-order chi connectivity index (χ0) is 36.4. The average molecular weight is 757 g/mol. The van der Waals surface area contributed by atoms with Gasteiger partial charge in [-0.25, -0.2) is 9.59 Å². The van der Waals surface area contributed by atoms with Gasteiger partial charge in [0.15, 0.2) is 0 Å². The molecule has 2 rings (SSSR count). The number of carboxylic acids is 1. The highest BCUT2D eigenvalue weighted by molar-refractivity contribution is 7.79. The number of carbonyl (C=O) groups excluding carboxylic acids is 1. The number of hydrogen-bond donors (Lipinski definition) is 1. The topological polar surface area (TPSA) is 187 Å². The third-order valence-electron chi connectivity index (χ3n) is 5.98. The van der Waals surface area contributed by atoms with E-state index in [2.05, 4.69) is 0 Å². The predicted octanol–water partition coefficient (Wildman–Crippen LogP) is 7.58. The van der Waals surface area contributed by atoms with E-state index in [-0.39, 0.29) is 68.9 Å². The van der Waals surface area contributed by atoms with E-state index in [1.54, 1.807) is 48.5 Å². The Bertz CT molecular complexity index is 1460. The lowest BCUT2D eigenvalue weighted by atomic mass is 10.2. The first-order valence-electron chi connectivity index (χ1n) is 15.5. The number of aromatic carboxylic acids is 1. The minimum Gasteiger partial charge on any atom is -0.478 e. The summed E-state index contributed by atoms with van der Waals surface area (Å²) >= 11 is 0. The quantitative estimate of drug-likeness (QED) is 0.0970. The molecular weight excluding hydrogens is 708 g/mol. The van der Waals surface area contributed by atoms with Gasteiger partial charge in [0.2, 0.25) is 14.7 Å². The second-order valence-electron chi connectivity index (χ2n) is 9.48. The van der Waals surface area contributed by atoms with Crippen molar-refractivity contribution in [2.24, 2.45) is 0 Å². The van der Waals surface area contributed by atoms with Crippen LogP contribution in [-0.2, 0) is 50.1 Å². The van der Waals surface area contributed by atoms with Crippen LogP contribution >= 0.6 is 29.9 Å². The Hall–Kier alpha value is -1.94. The van der Waals surface area contributed by atoms with Gasteiger partial charge in [-0.1, -0.05) is 0 Å². The van der Waals surface area contributed by atoms with Crippen LogP contribution in [0.15, 0.2) is 48.5 Å². The van der Waals surface area contributed by atoms with Crippen LogP contribution in [0.5, 0.6) is 0 Å². The number of hydrogen-bond acceptors (Lipinski definition) is 13. The van der Waals surface area contributed by atoms with Gasteiger partial charge >= 0.3 is 27.1 Å². The summed E-state index contributed by atoms with van der Waals surface area (Å²) in [4.78, 5) is 22.6. The molecule has 2 aromatic carbocycles. The Kier molecular flexibility index (Phi) is 19.6. The zero-order valence-electron chi connectivity index (χ0n) is 28.5. The fourth-order valence-electron chi connectivity index (χ4n) is 4.16. The maximum Gasteiger partial charge on any atom is 0.340 e. The van der Waals surface area contributed by atoms with Crippen LogP contribution in [0.25, 0.3) is 0 Å². The van der Waals surface area contributed by atoms with E-state index < -0.39 is 41.9 Å². The summed E-state index contributed by atoms with van der Waals surface area (Å²) < 4.78 is 88.5. The maximum absolute atomic E-state index is 13.3. The van der Waals surface area contributed by atoms with Gasteiger partial charge < -0.3 is 37.0 Å². The summed E-state index contributed by atoms with van der Waals surface area (Å²) in [6.45, 7) is 13.0. The van der Waals surface area contributed by atoms with Crippen molar-refractivity contribution in [2.75, 3.05) is 58.1 Å². The molecule has 48 heavy (non-hydrogen) atoms. The fraction of sp³-hybridized carbons (Fsp3) is 0.533. The van der Waals surface area contributed by atoms with Crippen LogP contribution in [0.3, 0.4) is 0 Å². The normalized spacial score (nSPS) is 14.2. The van der Waals surface area contributed by atoms with Gasteiger partial charge in [-0.2, -0.15) is 0 Å². The van der Waals surface area contributed by atoms with E-state index in [9.17, 15) is 27.8 Å². The molecule has 0 bridgehead atoms. The summed E-state index contributed by atoms with van der Waals surface area (Å²) in [5.41, 5.74) is 0.404. The number of ether oxygens (including phenoxy) is 1. The van der Waals surface area contributed by atoms with E-state index in [0.29, 0.717) is 10.9 Å². The van der Waals surface area contributed by atoms with Crippen molar-refractivity contribution < 1.29 is 64.8 Å². The number of carboxylic acid groups (broad SMARTS) is 1. The number of rotatable bonds is 21. The molecule has 0 aliphatic heterocycles. The molecule has 2 aromatic rings. The second kappa shape index (κ2) is 21.3. The van der Waals surface area contributed by atoms with Crippen molar-refractivity contribution >= 4 is 52.5 Å². The van der Waals surface area contributed by atoms with Crippen LogP contribution < -0.4 is 10.6 Å². The van der Waals surface area contributed by atoms with E-state index in [1.165, 1.54) is 48.5 Å². The first-order valence-corrected chi connectivity index (χ1v) is 22.6. The van der Waals surface area contributed by atoms with Crippen molar-refractivity contribution in [3.63, 3.8) is 0 Å². The lowest BCUT2D eigenvalue weighted by Crippen LogP contribution is -2.14. The van der Waals surface area contributed by atoms with E-state index in [1.807, 2.05) is 0 Å². The monoisotopic (exact) mass is 756 g/mol. The Morgan fingerprint density at radius 2 is 0.812 bits per heavy atom. The van der Waals surface area contributed by atoms with Gasteiger partial charge in [0.05, 0.1) is 57.4 Å². The highest BCUT2D eigenvalue weighted by Crippen LogP contribution is 2.63. The lowest BCUT2D eigenvalue weighted by molar-refractivity contribution is 0.0525. The maximum atomic E-state index is 13.3. The SMILES string of the molecule is CCOC(=O)c1ccc(P(=O)(CP(=O)(OCC)OCC)OCC)cc1.CCOP(=O)(CP(=O)(OCC)c1ccc(C(=O)O)cc1)OCC. The van der Waals surface area contributed by atoms with Crippen molar-refractivity contribution in [3.05, 3.63) is 59.7 Å². The largest absolute Gasteiger partial charge is 0.478 e. The summed E-state index contributed by atoms with van der Waals surface area (Å²) in [5, 5.41) is 9.55. The van der Waals surface area contributed by atoms with Gasteiger partial charge in [0, 0.05) is 10.6 Å². The molecule has 0 amide bonds. The lowest BCUT2D eigenvalue weighted by Gasteiger charge is -2.23. The first-order chi connectivity index (χ1) is 22.6. The van der Waals surface area contributed by atoms with Gasteiger partial charge in [0.1, 0.15) is 11.8 Å². The van der Waals surface area contributed by atoms with Gasteiger partial charge in [0.25, 0.3) is 0 Å². The van der Waals surface area contributed by atoms with Crippen molar-refractivity contribution in [2.45, 2.75) is 48.5 Å². The van der Waals surface area contributed by atoms with E-state index in [4.69, 9.17) is 37.0 Å².